The average molecular weight is 434 g/mol. The molecule has 7 heteroatoms. The molecule has 0 N–H and O–H groups in total. The smallest absolute Gasteiger partial charge is 0.243 e. The van der Waals surface area contributed by atoms with Gasteiger partial charge in [-0.3, -0.25) is 4.79 Å². The number of carbonyl (C=O) groups excluding carboxylic acids is 1. The van der Waals surface area contributed by atoms with Crippen molar-refractivity contribution in [1.29, 1.82) is 0 Å². The molecule has 4 rings (SSSR count). The molecule has 3 heterocycles. The zero-order valence-electron chi connectivity index (χ0n) is 18.3. The highest BCUT2D eigenvalue weighted by Crippen LogP contribution is 2.28. The number of rotatable bonds is 4. The van der Waals surface area contributed by atoms with Crippen LogP contribution in [0.3, 0.4) is 0 Å². The van der Waals surface area contributed by atoms with Crippen molar-refractivity contribution >= 4 is 15.9 Å². The van der Waals surface area contributed by atoms with Gasteiger partial charge in [0.15, 0.2) is 0 Å². The number of piperidine rings is 2. The number of benzene rings is 1. The van der Waals surface area contributed by atoms with Gasteiger partial charge in [-0.25, -0.2) is 8.42 Å². The minimum absolute atomic E-state index is 0.0427. The van der Waals surface area contributed by atoms with E-state index in [4.69, 9.17) is 0 Å². The summed E-state index contributed by atoms with van der Waals surface area (Å²) in [4.78, 5) is 18.1. The molecule has 0 unspecified atom stereocenters. The van der Waals surface area contributed by atoms with Crippen molar-refractivity contribution in [1.82, 2.24) is 14.1 Å². The summed E-state index contributed by atoms with van der Waals surface area (Å²) in [6.07, 6.45) is 6.01. The summed E-state index contributed by atoms with van der Waals surface area (Å²) in [5.41, 5.74) is 1.85. The molecule has 1 aromatic carbocycles. The van der Waals surface area contributed by atoms with Crippen molar-refractivity contribution in [3.63, 3.8) is 0 Å². The van der Waals surface area contributed by atoms with E-state index in [1.54, 1.807) is 10.4 Å². The molecule has 3 aliphatic rings. The van der Waals surface area contributed by atoms with Crippen LogP contribution in [0, 0.1) is 19.8 Å². The van der Waals surface area contributed by atoms with Crippen molar-refractivity contribution < 1.29 is 13.2 Å². The number of hydrogen-bond acceptors (Lipinski definition) is 4. The van der Waals surface area contributed by atoms with Crippen molar-refractivity contribution in [2.24, 2.45) is 5.92 Å². The Hall–Kier alpha value is -1.44. The van der Waals surface area contributed by atoms with Crippen molar-refractivity contribution in [3.8, 4) is 0 Å². The third-order valence-corrected chi connectivity index (χ3v) is 9.24. The molecule has 0 aromatic heterocycles. The summed E-state index contributed by atoms with van der Waals surface area (Å²) in [7, 11) is -3.50. The minimum atomic E-state index is -3.50. The van der Waals surface area contributed by atoms with E-state index in [-0.39, 0.29) is 11.8 Å². The summed E-state index contributed by atoms with van der Waals surface area (Å²) in [5, 5.41) is 0. The number of nitrogens with zero attached hydrogens (tertiary/aromatic N) is 3. The maximum atomic E-state index is 13.1. The third-order valence-electron chi connectivity index (χ3n) is 7.18. The predicted octanol–water partition coefficient (Wildman–Crippen LogP) is 2.79. The molecule has 166 valence electrons. The first-order valence-electron chi connectivity index (χ1n) is 11.5. The van der Waals surface area contributed by atoms with Gasteiger partial charge in [0.25, 0.3) is 0 Å². The number of carbonyl (C=O) groups is 1. The van der Waals surface area contributed by atoms with Crippen LogP contribution < -0.4 is 0 Å². The van der Waals surface area contributed by atoms with Crippen LogP contribution in [-0.4, -0.2) is 73.7 Å². The van der Waals surface area contributed by atoms with E-state index in [0.717, 1.165) is 37.1 Å². The molecule has 0 atom stereocenters. The summed E-state index contributed by atoms with van der Waals surface area (Å²) in [6, 6.07) is 6.11. The summed E-state index contributed by atoms with van der Waals surface area (Å²) in [6.45, 7) is 8.79. The topological polar surface area (TPSA) is 60.9 Å². The first-order chi connectivity index (χ1) is 14.4. The van der Waals surface area contributed by atoms with Gasteiger partial charge in [-0.1, -0.05) is 17.7 Å². The zero-order chi connectivity index (χ0) is 21.3. The van der Waals surface area contributed by atoms with E-state index in [1.807, 2.05) is 30.9 Å². The average Bonchev–Trinajstić information content (AvgIpc) is 3.28. The van der Waals surface area contributed by atoms with Crippen LogP contribution in [0.25, 0.3) is 0 Å². The Morgan fingerprint density at radius 2 is 1.53 bits per heavy atom. The molecular weight excluding hydrogens is 398 g/mol. The molecule has 1 amide bonds. The number of aryl methyl sites for hydroxylation is 2. The molecule has 1 aromatic rings. The lowest BCUT2D eigenvalue weighted by atomic mass is 9.94. The van der Waals surface area contributed by atoms with Gasteiger partial charge in [-0.2, -0.15) is 4.31 Å². The Kier molecular flexibility index (Phi) is 6.51. The third kappa shape index (κ3) is 4.43. The molecule has 3 aliphatic heterocycles. The highest BCUT2D eigenvalue weighted by Gasteiger charge is 2.36. The van der Waals surface area contributed by atoms with E-state index in [0.29, 0.717) is 36.9 Å². The Morgan fingerprint density at radius 1 is 0.900 bits per heavy atom. The summed E-state index contributed by atoms with van der Waals surface area (Å²) < 4.78 is 27.7. The van der Waals surface area contributed by atoms with Crippen LogP contribution >= 0.6 is 0 Å². The molecule has 0 saturated carbocycles. The van der Waals surface area contributed by atoms with E-state index >= 15 is 0 Å². The van der Waals surface area contributed by atoms with Gasteiger partial charge < -0.3 is 9.80 Å². The van der Waals surface area contributed by atoms with Gasteiger partial charge in [0.05, 0.1) is 4.90 Å². The minimum Gasteiger partial charge on any atom is -0.342 e. The van der Waals surface area contributed by atoms with Crippen molar-refractivity contribution in [2.75, 3.05) is 39.3 Å². The standard InChI is InChI=1S/C23H35N3O3S/c1-18-5-6-22(19(2)17-18)30(28,29)26-15-7-20(8-16-26)23(27)25-13-9-21(10-14-25)24-11-3-4-12-24/h5-6,17,20-21H,3-4,7-16H2,1-2H3. The molecule has 6 nitrogen and oxygen atoms in total. The largest absolute Gasteiger partial charge is 0.342 e. The van der Waals surface area contributed by atoms with Crippen molar-refractivity contribution in [2.45, 2.75) is 63.3 Å². The lowest BCUT2D eigenvalue weighted by Crippen LogP contribution is -2.49. The summed E-state index contributed by atoms with van der Waals surface area (Å²) >= 11 is 0. The normalized spacial score (nSPS) is 23.2. The van der Waals surface area contributed by atoms with Gasteiger partial charge in [-0.15, -0.1) is 0 Å². The highest BCUT2D eigenvalue weighted by molar-refractivity contribution is 7.89. The van der Waals surface area contributed by atoms with Gasteiger partial charge in [-0.05, 0) is 77.1 Å². The Balaban J connectivity index is 1.31. The fourth-order valence-corrected chi connectivity index (χ4v) is 7.06. The lowest BCUT2D eigenvalue weighted by Gasteiger charge is -2.39. The number of amides is 1. The van der Waals surface area contributed by atoms with Crippen molar-refractivity contribution in [3.05, 3.63) is 29.3 Å². The second-order valence-electron chi connectivity index (χ2n) is 9.25. The Morgan fingerprint density at radius 3 is 2.13 bits per heavy atom. The second-order valence-corrected chi connectivity index (χ2v) is 11.2. The first kappa shape index (κ1) is 21.8. The molecule has 0 spiro atoms. The number of hydrogen-bond donors (Lipinski definition) is 0. The van der Waals surface area contributed by atoms with Crippen LogP contribution in [-0.2, 0) is 14.8 Å². The fraction of sp³-hybridized carbons (Fsp3) is 0.696. The molecule has 0 aliphatic carbocycles. The van der Waals surface area contributed by atoms with E-state index in [9.17, 15) is 13.2 Å². The zero-order valence-corrected chi connectivity index (χ0v) is 19.2. The molecule has 3 fully saturated rings. The van der Waals surface area contributed by atoms with E-state index < -0.39 is 10.0 Å². The number of likely N-dealkylation sites (tertiary alicyclic amines) is 2. The van der Waals surface area contributed by atoms with Crippen LogP contribution in [0.15, 0.2) is 23.1 Å². The van der Waals surface area contributed by atoms with Gasteiger partial charge in [0.1, 0.15) is 0 Å². The monoisotopic (exact) mass is 433 g/mol. The molecule has 30 heavy (non-hydrogen) atoms. The maximum absolute atomic E-state index is 13.1. The van der Waals surface area contributed by atoms with Gasteiger partial charge >= 0.3 is 0 Å². The van der Waals surface area contributed by atoms with E-state index in [1.165, 1.54) is 25.9 Å². The maximum Gasteiger partial charge on any atom is 0.243 e. The number of sulfonamides is 1. The second kappa shape index (κ2) is 8.97. The van der Waals surface area contributed by atoms with Crippen LogP contribution in [0.4, 0.5) is 0 Å². The Bertz CT molecular complexity index is 864. The van der Waals surface area contributed by atoms with Crippen LogP contribution in [0.5, 0.6) is 0 Å². The quantitative estimate of drug-likeness (QED) is 0.733. The molecule has 0 bridgehead atoms. The predicted molar refractivity (Wildman–Crippen MR) is 118 cm³/mol. The van der Waals surface area contributed by atoms with Crippen LogP contribution in [0.2, 0.25) is 0 Å². The SMILES string of the molecule is Cc1ccc(S(=O)(=O)N2CCC(C(=O)N3CCC(N4CCCC4)CC3)CC2)c(C)c1. The van der Waals surface area contributed by atoms with Gasteiger partial charge in [0, 0.05) is 38.1 Å². The highest BCUT2D eigenvalue weighted by atomic mass is 32.2. The molecular formula is C23H35N3O3S. The lowest BCUT2D eigenvalue weighted by molar-refractivity contribution is -0.138. The van der Waals surface area contributed by atoms with Crippen LogP contribution in [0.1, 0.15) is 49.7 Å². The molecule has 0 radical (unpaired) electrons. The van der Waals surface area contributed by atoms with Gasteiger partial charge in [0.2, 0.25) is 15.9 Å². The Labute approximate surface area is 181 Å². The fourth-order valence-electron chi connectivity index (χ4n) is 5.39. The molecule has 3 saturated heterocycles. The first-order valence-corrected chi connectivity index (χ1v) is 12.9. The van der Waals surface area contributed by atoms with E-state index in [2.05, 4.69) is 4.90 Å². The summed E-state index contributed by atoms with van der Waals surface area (Å²) in [5.74, 6) is 0.192.